The van der Waals surface area contributed by atoms with Crippen LogP contribution in [0.1, 0.15) is 5.56 Å². The van der Waals surface area contributed by atoms with Crippen LogP contribution in [0.5, 0.6) is 5.75 Å². The van der Waals surface area contributed by atoms with Gasteiger partial charge >= 0.3 is 5.69 Å². The molecule has 146 valence electrons. The van der Waals surface area contributed by atoms with Gasteiger partial charge in [-0.15, -0.1) is 6.42 Å². The van der Waals surface area contributed by atoms with Crippen molar-refractivity contribution in [3.8, 4) is 29.5 Å². The summed E-state index contributed by atoms with van der Waals surface area (Å²) in [5.41, 5.74) is 1.32. The van der Waals surface area contributed by atoms with E-state index in [0.29, 0.717) is 29.3 Å². The fourth-order valence-electron chi connectivity index (χ4n) is 3.20. The third kappa shape index (κ3) is 3.12. The van der Waals surface area contributed by atoms with Crippen molar-refractivity contribution in [1.82, 2.24) is 18.7 Å². The Bertz CT molecular complexity index is 1350. The van der Waals surface area contributed by atoms with Crippen LogP contribution in [0, 0.1) is 12.3 Å². The normalized spacial score (nSPS) is 10.9. The number of rotatable bonds is 5. The van der Waals surface area contributed by atoms with Crippen molar-refractivity contribution < 1.29 is 9.15 Å². The largest absolute Gasteiger partial charge is 0.489 e. The molecule has 0 saturated heterocycles. The van der Waals surface area contributed by atoms with Crippen molar-refractivity contribution in [3.63, 3.8) is 0 Å². The minimum atomic E-state index is -0.498. The van der Waals surface area contributed by atoms with E-state index in [1.165, 1.54) is 4.57 Å². The molecule has 0 amide bonds. The van der Waals surface area contributed by atoms with Gasteiger partial charge in [-0.25, -0.2) is 14.3 Å². The first kappa shape index (κ1) is 18.4. The van der Waals surface area contributed by atoms with Gasteiger partial charge in [-0.2, -0.15) is 0 Å². The van der Waals surface area contributed by atoms with Gasteiger partial charge in [-0.05, 0) is 18.2 Å². The number of terminal acetylenes is 1. The fraction of sp³-hybridized carbons (Fsp3) is 0.190. The second-order valence-electron chi connectivity index (χ2n) is 6.55. The number of nitrogens with zero attached hydrogens (tertiary/aromatic N) is 4. The van der Waals surface area contributed by atoms with E-state index in [2.05, 4.69) is 10.9 Å². The van der Waals surface area contributed by atoms with Crippen molar-refractivity contribution >= 4 is 11.2 Å². The molecule has 0 spiro atoms. The van der Waals surface area contributed by atoms with Crippen molar-refractivity contribution in [2.45, 2.75) is 13.2 Å². The summed E-state index contributed by atoms with van der Waals surface area (Å²) < 4.78 is 14.9. The highest BCUT2D eigenvalue weighted by atomic mass is 16.5. The molecule has 1 aromatic carbocycles. The summed E-state index contributed by atoms with van der Waals surface area (Å²) in [7, 11) is 3.30. The van der Waals surface area contributed by atoms with Gasteiger partial charge in [0.05, 0.1) is 19.1 Å². The van der Waals surface area contributed by atoms with E-state index in [1.807, 2.05) is 30.3 Å². The van der Waals surface area contributed by atoms with Crippen molar-refractivity contribution in [1.29, 1.82) is 0 Å². The fourth-order valence-corrected chi connectivity index (χ4v) is 3.20. The zero-order valence-electron chi connectivity index (χ0n) is 16.0. The summed E-state index contributed by atoms with van der Waals surface area (Å²) in [5.74, 6) is 3.53. The zero-order chi connectivity index (χ0) is 20.5. The van der Waals surface area contributed by atoms with Gasteiger partial charge in [-0.3, -0.25) is 9.36 Å². The van der Waals surface area contributed by atoms with E-state index in [0.717, 1.165) is 15.7 Å². The van der Waals surface area contributed by atoms with E-state index in [-0.39, 0.29) is 6.54 Å². The van der Waals surface area contributed by atoms with Crippen LogP contribution in [0.3, 0.4) is 0 Å². The first-order valence-electron chi connectivity index (χ1n) is 8.85. The van der Waals surface area contributed by atoms with Crippen LogP contribution in [0.2, 0.25) is 0 Å². The van der Waals surface area contributed by atoms with Gasteiger partial charge in [0, 0.05) is 25.2 Å². The highest BCUT2D eigenvalue weighted by molar-refractivity contribution is 5.77. The van der Waals surface area contributed by atoms with Crippen LogP contribution >= 0.6 is 0 Å². The van der Waals surface area contributed by atoms with E-state index in [4.69, 9.17) is 15.6 Å². The van der Waals surface area contributed by atoms with Crippen LogP contribution < -0.4 is 16.0 Å². The van der Waals surface area contributed by atoms with E-state index in [1.54, 1.807) is 31.2 Å². The number of hydrogen-bond donors (Lipinski definition) is 0. The molecule has 0 fully saturated rings. The van der Waals surface area contributed by atoms with Crippen molar-refractivity contribution in [3.05, 3.63) is 69.3 Å². The maximum Gasteiger partial charge on any atom is 0.333 e. The van der Waals surface area contributed by atoms with Crippen LogP contribution in [-0.2, 0) is 27.2 Å². The second-order valence-corrected chi connectivity index (χ2v) is 6.55. The van der Waals surface area contributed by atoms with Gasteiger partial charge in [0.15, 0.2) is 11.2 Å². The van der Waals surface area contributed by atoms with Gasteiger partial charge in [0.1, 0.15) is 18.2 Å². The molecule has 4 aromatic rings. The highest BCUT2D eigenvalue weighted by Gasteiger charge is 2.19. The lowest BCUT2D eigenvalue weighted by Crippen LogP contribution is -2.39. The minimum absolute atomic E-state index is 0.0979. The molecule has 0 bridgehead atoms. The Morgan fingerprint density at radius 2 is 2.03 bits per heavy atom. The maximum absolute atomic E-state index is 12.8. The molecule has 0 aliphatic heterocycles. The number of ether oxygens (including phenoxy) is 1. The lowest BCUT2D eigenvalue weighted by atomic mass is 10.2. The van der Waals surface area contributed by atoms with Crippen LogP contribution in [-0.4, -0.2) is 18.7 Å². The van der Waals surface area contributed by atoms with E-state index in [9.17, 15) is 9.59 Å². The Balaban J connectivity index is 1.80. The van der Waals surface area contributed by atoms with Gasteiger partial charge in [-0.1, -0.05) is 18.1 Å². The molecule has 8 heteroatoms. The predicted molar refractivity (Wildman–Crippen MR) is 108 cm³/mol. The lowest BCUT2D eigenvalue weighted by molar-refractivity contribution is 0.305. The standard InChI is InChI=1S/C21H18N4O4/c1-4-9-25-20(26)17-19(24(3)21(25)27)22-18(23(17)2)15-6-5-7-16(11-15)29-13-14-8-10-28-12-14/h1,5-8,10-12H,9,13H2,2-3H3. The molecule has 0 saturated carbocycles. The quantitative estimate of drug-likeness (QED) is 0.486. The van der Waals surface area contributed by atoms with Crippen LogP contribution in [0.15, 0.2) is 56.9 Å². The summed E-state index contributed by atoms with van der Waals surface area (Å²) in [5, 5.41) is 0. The van der Waals surface area contributed by atoms with E-state index >= 15 is 0 Å². The van der Waals surface area contributed by atoms with E-state index < -0.39 is 11.2 Å². The van der Waals surface area contributed by atoms with Crippen LogP contribution in [0.4, 0.5) is 0 Å². The Morgan fingerprint density at radius 1 is 1.21 bits per heavy atom. The van der Waals surface area contributed by atoms with Gasteiger partial charge in [0.2, 0.25) is 0 Å². The smallest absolute Gasteiger partial charge is 0.333 e. The molecular formula is C21H18N4O4. The summed E-state index contributed by atoms with van der Waals surface area (Å²) in [4.78, 5) is 29.8. The monoisotopic (exact) mass is 390 g/mol. The van der Waals surface area contributed by atoms with Crippen molar-refractivity contribution in [2.24, 2.45) is 14.1 Å². The Morgan fingerprint density at radius 3 is 2.76 bits per heavy atom. The third-order valence-corrected chi connectivity index (χ3v) is 4.69. The predicted octanol–water partition coefficient (Wildman–Crippen LogP) is 1.91. The first-order valence-corrected chi connectivity index (χ1v) is 8.85. The van der Waals surface area contributed by atoms with Gasteiger partial charge in [0.25, 0.3) is 5.56 Å². The van der Waals surface area contributed by atoms with Crippen LogP contribution in [0.25, 0.3) is 22.6 Å². The molecule has 0 aliphatic rings. The summed E-state index contributed by atoms with van der Waals surface area (Å²) in [6.07, 6.45) is 8.52. The SMILES string of the molecule is C#CCn1c(=O)c2c(nc(-c3cccc(OCc4ccoc4)c3)n2C)n(C)c1=O. The average molecular weight is 390 g/mol. The third-order valence-electron chi connectivity index (χ3n) is 4.69. The molecule has 3 aromatic heterocycles. The first-order chi connectivity index (χ1) is 14.0. The maximum atomic E-state index is 12.8. The molecule has 3 heterocycles. The topological polar surface area (TPSA) is 84.2 Å². The molecule has 4 rings (SSSR count). The number of fused-ring (bicyclic) bond motifs is 1. The zero-order valence-corrected chi connectivity index (χ0v) is 16.0. The summed E-state index contributed by atoms with van der Waals surface area (Å²) in [6, 6.07) is 9.21. The molecule has 0 aliphatic carbocycles. The van der Waals surface area contributed by atoms with Gasteiger partial charge < -0.3 is 13.7 Å². The minimum Gasteiger partial charge on any atom is -0.489 e. The Hall–Kier alpha value is -3.99. The number of furan rings is 1. The number of imidazole rings is 1. The molecule has 0 N–H and O–H groups in total. The summed E-state index contributed by atoms with van der Waals surface area (Å²) >= 11 is 0. The molecule has 0 atom stereocenters. The molecule has 0 radical (unpaired) electrons. The molecule has 29 heavy (non-hydrogen) atoms. The highest BCUT2D eigenvalue weighted by Crippen LogP contribution is 2.25. The number of aryl methyl sites for hydroxylation is 2. The Labute approximate surface area is 165 Å². The lowest BCUT2D eigenvalue weighted by Gasteiger charge is -2.07. The number of benzene rings is 1. The summed E-state index contributed by atoms with van der Waals surface area (Å²) in [6.45, 7) is 0.271. The second kappa shape index (κ2) is 7.20. The Kier molecular flexibility index (Phi) is 4.56. The number of hydrogen-bond acceptors (Lipinski definition) is 5. The molecule has 0 unspecified atom stereocenters. The molecular weight excluding hydrogens is 372 g/mol. The molecule has 8 nitrogen and oxygen atoms in total. The van der Waals surface area contributed by atoms with Crippen molar-refractivity contribution in [2.75, 3.05) is 0 Å². The number of aromatic nitrogens is 4. The average Bonchev–Trinajstić information content (AvgIpc) is 3.36.